The molecule has 0 aliphatic rings. The molecule has 0 amide bonds. The maximum absolute atomic E-state index is 11.0. The predicted molar refractivity (Wildman–Crippen MR) is 60.5 cm³/mol. The second-order valence-electron chi connectivity index (χ2n) is 3.34. The molecular weight excluding hydrogens is 222 g/mol. The average molecular weight is 231 g/mol. The van der Waals surface area contributed by atoms with Crippen LogP contribution >= 0.6 is 0 Å². The van der Waals surface area contributed by atoms with Gasteiger partial charge >= 0.3 is 5.97 Å². The van der Waals surface area contributed by atoms with E-state index in [4.69, 9.17) is 10.8 Å². The van der Waals surface area contributed by atoms with E-state index in [0.29, 0.717) is 5.56 Å². The van der Waals surface area contributed by atoms with Crippen molar-refractivity contribution in [3.8, 4) is 16.9 Å². The third-order valence-corrected chi connectivity index (χ3v) is 2.21. The fourth-order valence-electron chi connectivity index (χ4n) is 1.51. The Bertz CT molecular complexity index is 584. The molecule has 6 heteroatoms. The lowest BCUT2D eigenvalue weighted by molar-refractivity contribution is 0.0691. The fourth-order valence-corrected chi connectivity index (χ4v) is 1.51. The number of phenolic OH excluding ortho intramolecular Hbond substituents is 1. The maximum atomic E-state index is 11.0. The van der Waals surface area contributed by atoms with Gasteiger partial charge in [-0.25, -0.2) is 14.8 Å². The third-order valence-electron chi connectivity index (χ3n) is 2.21. The number of benzene rings is 1. The van der Waals surface area contributed by atoms with E-state index in [1.54, 1.807) is 12.1 Å². The zero-order valence-corrected chi connectivity index (χ0v) is 8.66. The van der Waals surface area contributed by atoms with Crippen LogP contribution in [0.15, 0.2) is 30.6 Å². The number of phenols is 1. The highest BCUT2D eigenvalue weighted by atomic mass is 16.4. The van der Waals surface area contributed by atoms with Crippen molar-refractivity contribution in [2.75, 3.05) is 5.73 Å². The van der Waals surface area contributed by atoms with Crippen LogP contribution in [0.1, 0.15) is 10.5 Å². The molecule has 6 nitrogen and oxygen atoms in total. The van der Waals surface area contributed by atoms with Gasteiger partial charge in [0.1, 0.15) is 17.9 Å². The van der Waals surface area contributed by atoms with Gasteiger partial charge in [-0.3, -0.25) is 0 Å². The topological polar surface area (TPSA) is 109 Å². The number of aromatic carboxylic acids is 1. The largest absolute Gasteiger partial charge is 0.508 e. The van der Waals surface area contributed by atoms with Crippen LogP contribution in [0.4, 0.5) is 5.82 Å². The maximum Gasteiger partial charge on any atom is 0.355 e. The lowest BCUT2D eigenvalue weighted by Crippen LogP contribution is -2.07. The van der Waals surface area contributed by atoms with E-state index in [0.717, 1.165) is 6.33 Å². The predicted octanol–water partition coefficient (Wildman–Crippen LogP) is 1.13. The van der Waals surface area contributed by atoms with E-state index in [1.165, 1.54) is 12.1 Å². The number of nitrogens with zero attached hydrogens (tertiary/aromatic N) is 2. The first-order valence-electron chi connectivity index (χ1n) is 4.72. The van der Waals surface area contributed by atoms with Gasteiger partial charge in [-0.05, 0) is 17.7 Å². The molecule has 0 fully saturated rings. The van der Waals surface area contributed by atoms with Crippen LogP contribution in [0.3, 0.4) is 0 Å². The molecule has 0 spiro atoms. The zero-order chi connectivity index (χ0) is 12.4. The first-order valence-corrected chi connectivity index (χ1v) is 4.72. The number of carboxylic acids is 1. The van der Waals surface area contributed by atoms with Crippen LogP contribution in [0.25, 0.3) is 11.1 Å². The number of hydrogen-bond donors (Lipinski definition) is 3. The number of nitrogens with two attached hydrogens (primary N) is 1. The van der Waals surface area contributed by atoms with Crippen molar-refractivity contribution < 1.29 is 15.0 Å². The standard InChI is InChI=1S/C11H9N3O3/c12-10-8(6-2-1-3-7(15)4-6)9(11(16)17)13-5-14-10/h1-5,15H,(H,16,17)(H2,12,13,14). The molecule has 0 atom stereocenters. The van der Waals surface area contributed by atoms with Crippen molar-refractivity contribution in [2.45, 2.75) is 0 Å². The van der Waals surface area contributed by atoms with Gasteiger partial charge in [0.2, 0.25) is 0 Å². The van der Waals surface area contributed by atoms with Crippen molar-refractivity contribution in [3.63, 3.8) is 0 Å². The molecule has 0 saturated carbocycles. The molecule has 0 unspecified atom stereocenters. The van der Waals surface area contributed by atoms with Crippen molar-refractivity contribution in [3.05, 3.63) is 36.3 Å². The number of nitrogen functional groups attached to an aromatic ring is 1. The minimum absolute atomic E-state index is 0.0158. The highest BCUT2D eigenvalue weighted by Gasteiger charge is 2.17. The first-order chi connectivity index (χ1) is 8.09. The molecule has 2 rings (SSSR count). The molecule has 1 aromatic carbocycles. The van der Waals surface area contributed by atoms with Crippen LogP contribution in [-0.4, -0.2) is 26.2 Å². The monoisotopic (exact) mass is 231 g/mol. The molecule has 0 aliphatic carbocycles. The van der Waals surface area contributed by atoms with Gasteiger partial charge in [0.15, 0.2) is 5.69 Å². The van der Waals surface area contributed by atoms with Crippen molar-refractivity contribution >= 4 is 11.8 Å². The minimum atomic E-state index is -1.20. The number of anilines is 1. The normalized spacial score (nSPS) is 10.1. The van der Waals surface area contributed by atoms with Gasteiger partial charge < -0.3 is 15.9 Å². The molecule has 17 heavy (non-hydrogen) atoms. The van der Waals surface area contributed by atoms with Crippen molar-refractivity contribution in [1.82, 2.24) is 9.97 Å². The molecule has 1 aromatic heterocycles. The number of carbonyl (C=O) groups is 1. The lowest BCUT2D eigenvalue weighted by Gasteiger charge is -2.07. The summed E-state index contributed by atoms with van der Waals surface area (Å²) in [6, 6.07) is 6.09. The van der Waals surface area contributed by atoms with E-state index in [9.17, 15) is 9.90 Å². The number of rotatable bonds is 2. The Morgan fingerprint density at radius 1 is 1.29 bits per heavy atom. The summed E-state index contributed by atoms with van der Waals surface area (Å²) < 4.78 is 0. The average Bonchev–Trinajstić information content (AvgIpc) is 2.28. The Balaban J connectivity index is 2.70. The second kappa shape index (κ2) is 4.09. The minimum Gasteiger partial charge on any atom is -0.508 e. The van der Waals surface area contributed by atoms with Gasteiger partial charge in [-0.1, -0.05) is 12.1 Å². The fraction of sp³-hybridized carbons (Fsp3) is 0. The van der Waals surface area contributed by atoms with Gasteiger partial charge in [0, 0.05) is 0 Å². The van der Waals surface area contributed by atoms with Gasteiger partial charge in [0.25, 0.3) is 0 Å². The third kappa shape index (κ3) is 2.00. The lowest BCUT2D eigenvalue weighted by atomic mass is 10.0. The van der Waals surface area contributed by atoms with E-state index in [-0.39, 0.29) is 22.8 Å². The number of aromatic hydroxyl groups is 1. The highest BCUT2D eigenvalue weighted by molar-refractivity contribution is 5.97. The smallest absolute Gasteiger partial charge is 0.355 e. The molecule has 0 aliphatic heterocycles. The van der Waals surface area contributed by atoms with E-state index < -0.39 is 5.97 Å². The Morgan fingerprint density at radius 3 is 2.71 bits per heavy atom. The first kappa shape index (κ1) is 10.9. The van der Waals surface area contributed by atoms with Crippen LogP contribution in [0.2, 0.25) is 0 Å². The Kier molecular flexibility index (Phi) is 2.61. The molecule has 4 N–H and O–H groups in total. The van der Waals surface area contributed by atoms with Crippen LogP contribution in [0.5, 0.6) is 5.75 Å². The SMILES string of the molecule is Nc1ncnc(C(=O)O)c1-c1cccc(O)c1. The second-order valence-corrected chi connectivity index (χ2v) is 3.34. The Hall–Kier alpha value is -2.63. The molecular formula is C11H9N3O3. The highest BCUT2D eigenvalue weighted by Crippen LogP contribution is 2.29. The molecule has 0 bridgehead atoms. The summed E-state index contributed by atoms with van der Waals surface area (Å²) in [6.45, 7) is 0. The van der Waals surface area contributed by atoms with Gasteiger partial charge in [-0.15, -0.1) is 0 Å². The molecule has 2 aromatic rings. The summed E-state index contributed by atoms with van der Waals surface area (Å²) in [5.74, 6) is -1.12. The van der Waals surface area contributed by atoms with Gasteiger partial charge in [-0.2, -0.15) is 0 Å². The summed E-state index contributed by atoms with van der Waals surface area (Å²) in [5.41, 5.74) is 6.12. The summed E-state index contributed by atoms with van der Waals surface area (Å²) in [7, 11) is 0. The summed E-state index contributed by atoms with van der Waals surface area (Å²) in [6.07, 6.45) is 1.09. The van der Waals surface area contributed by atoms with Crippen LogP contribution in [0, 0.1) is 0 Å². The number of carboxylic acid groups (broad SMARTS) is 1. The van der Waals surface area contributed by atoms with Crippen LogP contribution in [-0.2, 0) is 0 Å². The van der Waals surface area contributed by atoms with Crippen LogP contribution < -0.4 is 5.73 Å². The summed E-state index contributed by atoms with van der Waals surface area (Å²) in [5, 5.41) is 18.4. The Morgan fingerprint density at radius 2 is 2.06 bits per heavy atom. The molecule has 1 heterocycles. The quantitative estimate of drug-likeness (QED) is 0.714. The van der Waals surface area contributed by atoms with Crippen molar-refractivity contribution in [1.29, 1.82) is 0 Å². The van der Waals surface area contributed by atoms with Gasteiger partial charge in [0.05, 0.1) is 5.56 Å². The summed E-state index contributed by atoms with van der Waals surface area (Å²) in [4.78, 5) is 18.4. The Labute approximate surface area is 96.4 Å². The number of aromatic nitrogens is 2. The summed E-state index contributed by atoms with van der Waals surface area (Å²) >= 11 is 0. The zero-order valence-electron chi connectivity index (χ0n) is 8.66. The number of hydrogen-bond acceptors (Lipinski definition) is 5. The van der Waals surface area contributed by atoms with Crippen molar-refractivity contribution in [2.24, 2.45) is 0 Å². The molecule has 0 radical (unpaired) electrons. The van der Waals surface area contributed by atoms with E-state index >= 15 is 0 Å². The van der Waals surface area contributed by atoms with E-state index in [1.807, 2.05) is 0 Å². The molecule has 0 saturated heterocycles. The molecule has 86 valence electrons. The van der Waals surface area contributed by atoms with E-state index in [2.05, 4.69) is 9.97 Å².